The van der Waals surface area contributed by atoms with Gasteiger partial charge in [0, 0.05) is 31.0 Å². The Morgan fingerprint density at radius 1 is 1.38 bits per heavy atom. The van der Waals surface area contributed by atoms with Crippen molar-refractivity contribution in [3.05, 3.63) is 30.1 Å². The highest BCUT2D eigenvalue weighted by Crippen LogP contribution is 2.27. The van der Waals surface area contributed by atoms with Crippen molar-refractivity contribution in [1.82, 2.24) is 9.88 Å². The van der Waals surface area contributed by atoms with Crippen LogP contribution in [-0.4, -0.2) is 29.0 Å². The van der Waals surface area contributed by atoms with E-state index in [1.54, 1.807) is 0 Å². The number of aromatic nitrogens is 1. The van der Waals surface area contributed by atoms with Gasteiger partial charge in [0.1, 0.15) is 0 Å². The first-order valence-corrected chi connectivity index (χ1v) is 6.08. The Labute approximate surface area is 97.7 Å². The van der Waals surface area contributed by atoms with Crippen LogP contribution in [0, 0.1) is 5.92 Å². The Morgan fingerprint density at radius 3 is 2.62 bits per heavy atom. The van der Waals surface area contributed by atoms with Crippen LogP contribution >= 0.6 is 0 Å². The molecule has 88 valence electrons. The van der Waals surface area contributed by atoms with Crippen LogP contribution in [-0.2, 0) is 0 Å². The van der Waals surface area contributed by atoms with Crippen molar-refractivity contribution in [2.75, 3.05) is 13.1 Å². The third kappa shape index (κ3) is 2.42. The fraction of sp³-hybridized carbons (Fsp3) is 0.615. The molecule has 0 spiro atoms. The predicted octanol–water partition coefficient (Wildman–Crippen LogP) is 1.81. The molecule has 0 radical (unpaired) electrons. The fourth-order valence-corrected chi connectivity index (χ4v) is 2.45. The Balaban J connectivity index is 2.00. The highest BCUT2D eigenvalue weighted by Gasteiger charge is 2.28. The molecule has 1 aromatic heterocycles. The molecule has 1 aliphatic rings. The number of nitrogens with zero attached hydrogens (tertiary/aromatic N) is 2. The van der Waals surface area contributed by atoms with Gasteiger partial charge in [0.05, 0.1) is 0 Å². The first kappa shape index (κ1) is 11.6. The van der Waals surface area contributed by atoms with Crippen molar-refractivity contribution in [2.45, 2.75) is 32.4 Å². The summed E-state index contributed by atoms with van der Waals surface area (Å²) >= 11 is 0. The van der Waals surface area contributed by atoms with Crippen LogP contribution < -0.4 is 5.73 Å². The highest BCUT2D eigenvalue weighted by atomic mass is 15.2. The molecule has 3 nitrogen and oxygen atoms in total. The summed E-state index contributed by atoms with van der Waals surface area (Å²) in [5.74, 6) is 0.657. The number of likely N-dealkylation sites (tertiary alicyclic amines) is 1. The van der Waals surface area contributed by atoms with E-state index < -0.39 is 0 Å². The van der Waals surface area contributed by atoms with Crippen LogP contribution in [0.4, 0.5) is 0 Å². The second kappa shape index (κ2) is 4.93. The number of nitrogens with two attached hydrogens (primary N) is 1. The average molecular weight is 219 g/mol. The van der Waals surface area contributed by atoms with Crippen molar-refractivity contribution in [2.24, 2.45) is 11.7 Å². The summed E-state index contributed by atoms with van der Waals surface area (Å²) in [5.41, 5.74) is 7.31. The van der Waals surface area contributed by atoms with Gasteiger partial charge < -0.3 is 5.73 Å². The summed E-state index contributed by atoms with van der Waals surface area (Å²) in [4.78, 5) is 6.58. The molecule has 3 unspecified atom stereocenters. The predicted molar refractivity (Wildman–Crippen MR) is 66.0 cm³/mol. The van der Waals surface area contributed by atoms with Gasteiger partial charge >= 0.3 is 0 Å². The molecule has 3 heteroatoms. The maximum absolute atomic E-state index is 5.96. The molecule has 1 fully saturated rings. The smallest absolute Gasteiger partial charge is 0.0321 e. The molecule has 0 amide bonds. The third-order valence-corrected chi connectivity index (χ3v) is 3.74. The van der Waals surface area contributed by atoms with Gasteiger partial charge in [-0.05, 0) is 50.4 Å². The molecular weight excluding hydrogens is 198 g/mol. The molecular formula is C13H21N3. The summed E-state index contributed by atoms with van der Waals surface area (Å²) in [7, 11) is 0. The maximum atomic E-state index is 5.96. The lowest BCUT2D eigenvalue weighted by molar-refractivity contribution is 0.248. The minimum absolute atomic E-state index is 0.314. The molecule has 2 N–H and O–H groups in total. The van der Waals surface area contributed by atoms with E-state index >= 15 is 0 Å². The number of rotatable bonds is 3. The van der Waals surface area contributed by atoms with E-state index in [1.807, 2.05) is 12.4 Å². The zero-order valence-electron chi connectivity index (χ0n) is 10.1. The van der Waals surface area contributed by atoms with E-state index in [0.717, 1.165) is 13.1 Å². The van der Waals surface area contributed by atoms with E-state index in [9.17, 15) is 0 Å². The van der Waals surface area contributed by atoms with Crippen LogP contribution in [0.25, 0.3) is 0 Å². The lowest BCUT2D eigenvalue weighted by Crippen LogP contribution is -2.30. The largest absolute Gasteiger partial charge is 0.328 e. The summed E-state index contributed by atoms with van der Waals surface area (Å²) in [6, 6.07) is 5.00. The Kier molecular flexibility index (Phi) is 3.56. The summed E-state index contributed by atoms with van der Waals surface area (Å²) in [6.45, 7) is 6.67. The number of pyridine rings is 1. The van der Waals surface area contributed by atoms with Gasteiger partial charge in [0.2, 0.25) is 0 Å². The standard InChI is InChI=1S/C13H21N3/c1-10(14)13-5-8-16(9-13)11(2)12-3-6-15-7-4-12/h3-4,6-7,10-11,13H,5,8-9,14H2,1-2H3. The molecule has 0 saturated carbocycles. The lowest BCUT2D eigenvalue weighted by atomic mass is 10.0. The van der Waals surface area contributed by atoms with Crippen LogP contribution in [0.2, 0.25) is 0 Å². The van der Waals surface area contributed by atoms with Gasteiger partial charge in [-0.2, -0.15) is 0 Å². The Bertz CT molecular complexity index is 323. The van der Waals surface area contributed by atoms with Crippen molar-refractivity contribution < 1.29 is 0 Å². The highest BCUT2D eigenvalue weighted by molar-refractivity contribution is 5.14. The first-order chi connectivity index (χ1) is 7.68. The average Bonchev–Trinajstić information content (AvgIpc) is 2.78. The zero-order valence-corrected chi connectivity index (χ0v) is 10.1. The van der Waals surface area contributed by atoms with Gasteiger partial charge in [-0.1, -0.05) is 0 Å². The molecule has 1 aromatic rings. The van der Waals surface area contributed by atoms with Gasteiger partial charge in [0.15, 0.2) is 0 Å². The molecule has 1 aliphatic heterocycles. The molecule has 0 aliphatic carbocycles. The molecule has 1 saturated heterocycles. The van der Waals surface area contributed by atoms with E-state index in [4.69, 9.17) is 5.73 Å². The SMILES string of the molecule is CC(N)C1CCN(C(C)c2ccncc2)C1. The Morgan fingerprint density at radius 2 is 2.06 bits per heavy atom. The van der Waals surface area contributed by atoms with E-state index in [-0.39, 0.29) is 0 Å². The van der Waals surface area contributed by atoms with Crippen molar-refractivity contribution in [3.8, 4) is 0 Å². The first-order valence-electron chi connectivity index (χ1n) is 6.08. The van der Waals surface area contributed by atoms with Crippen molar-refractivity contribution >= 4 is 0 Å². The van der Waals surface area contributed by atoms with Crippen LogP contribution in [0.3, 0.4) is 0 Å². The Hall–Kier alpha value is -0.930. The maximum Gasteiger partial charge on any atom is 0.0321 e. The molecule has 3 atom stereocenters. The van der Waals surface area contributed by atoms with Crippen molar-refractivity contribution in [3.63, 3.8) is 0 Å². The molecule has 2 heterocycles. The summed E-state index contributed by atoms with van der Waals surface area (Å²) < 4.78 is 0. The monoisotopic (exact) mass is 219 g/mol. The number of hydrogen-bond donors (Lipinski definition) is 1. The molecule has 2 rings (SSSR count). The quantitative estimate of drug-likeness (QED) is 0.843. The number of hydrogen-bond acceptors (Lipinski definition) is 3. The van der Waals surface area contributed by atoms with Crippen molar-refractivity contribution in [1.29, 1.82) is 0 Å². The molecule has 0 bridgehead atoms. The molecule has 0 aromatic carbocycles. The van der Waals surface area contributed by atoms with Crippen LogP contribution in [0.15, 0.2) is 24.5 Å². The topological polar surface area (TPSA) is 42.1 Å². The van der Waals surface area contributed by atoms with Crippen LogP contribution in [0.5, 0.6) is 0 Å². The molecule has 16 heavy (non-hydrogen) atoms. The van der Waals surface area contributed by atoms with E-state index in [2.05, 4.69) is 35.9 Å². The minimum Gasteiger partial charge on any atom is -0.328 e. The van der Waals surface area contributed by atoms with E-state index in [1.165, 1.54) is 12.0 Å². The van der Waals surface area contributed by atoms with Gasteiger partial charge in [0.25, 0.3) is 0 Å². The lowest BCUT2D eigenvalue weighted by Gasteiger charge is -2.25. The fourth-order valence-electron chi connectivity index (χ4n) is 2.45. The summed E-state index contributed by atoms with van der Waals surface area (Å²) in [5, 5.41) is 0. The normalized spacial score (nSPS) is 25.6. The van der Waals surface area contributed by atoms with Gasteiger partial charge in [-0.3, -0.25) is 9.88 Å². The minimum atomic E-state index is 0.314. The van der Waals surface area contributed by atoms with E-state index in [0.29, 0.717) is 18.0 Å². The third-order valence-electron chi connectivity index (χ3n) is 3.74. The summed E-state index contributed by atoms with van der Waals surface area (Å²) in [6.07, 6.45) is 4.96. The van der Waals surface area contributed by atoms with Gasteiger partial charge in [-0.15, -0.1) is 0 Å². The second-order valence-electron chi connectivity index (χ2n) is 4.86. The van der Waals surface area contributed by atoms with Crippen LogP contribution in [0.1, 0.15) is 31.9 Å². The zero-order chi connectivity index (χ0) is 11.5. The second-order valence-corrected chi connectivity index (χ2v) is 4.86. The van der Waals surface area contributed by atoms with Gasteiger partial charge in [-0.25, -0.2) is 0 Å².